The minimum absolute atomic E-state index is 0.0346. The van der Waals surface area contributed by atoms with Gasteiger partial charge in [0.1, 0.15) is 6.04 Å². The van der Waals surface area contributed by atoms with Crippen LogP contribution in [0.25, 0.3) is 0 Å². The Morgan fingerprint density at radius 1 is 1.73 bits per heavy atom. The summed E-state index contributed by atoms with van der Waals surface area (Å²) in [5, 5.41) is 3.09. The first-order valence-corrected chi connectivity index (χ1v) is 4.51. The zero-order chi connectivity index (χ0) is 8.48. The fourth-order valence-electron chi connectivity index (χ4n) is 1.13. The number of methoxy groups -OCH3 is 1. The summed E-state index contributed by atoms with van der Waals surface area (Å²) in [7, 11) is 1.42. The summed E-state index contributed by atoms with van der Waals surface area (Å²) in [6, 6.07) is -0.155. The molecule has 64 valence electrons. The number of nitrogens with one attached hydrogen (secondary N) is 1. The summed E-state index contributed by atoms with van der Waals surface area (Å²) in [4.78, 5) is 11.1. The van der Waals surface area contributed by atoms with Gasteiger partial charge >= 0.3 is 5.97 Å². The van der Waals surface area contributed by atoms with Gasteiger partial charge in [-0.1, -0.05) is 0 Å². The van der Waals surface area contributed by atoms with E-state index >= 15 is 0 Å². The van der Waals surface area contributed by atoms with E-state index in [2.05, 4.69) is 10.1 Å². The molecule has 0 aromatic heterocycles. The fourth-order valence-corrected chi connectivity index (χ4v) is 2.09. The largest absolute Gasteiger partial charge is 0.468 e. The van der Waals surface area contributed by atoms with Crippen molar-refractivity contribution in [2.75, 3.05) is 13.0 Å². The molecule has 1 rings (SSSR count). The third kappa shape index (κ3) is 1.68. The van der Waals surface area contributed by atoms with E-state index in [4.69, 9.17) is 0 Å². The van der Waals surface area contributed by atoms with Crippen LogP contribution in [0.3, 0.4) is 0 Å². The number of hydrogen-bond acceptors (Lipinski definition) is 4. The van der Waals surface area contributed by atoms with E-state index in [-0.39, 0.29) is 16.8 Å². The maximum atomic E-state index is 11.1. The van der Waals surface area contributed by atoms with Gasteiger partial charge in [-0.05, 0) is 13.8 Å². The number of thioether (sulfide) groups is 1. The molecule has 0 amide bonds. The smallest absolute Gasteiger partial charge is 0.324 e. The molecule has 1 aliphatic rings. The second-order valence-corrected chi connectivity index (χ2v) is 4.68. The summed E-state index contributed by atoms with van der Waals surface area (Å²) >= 11 is 1.74. The molecule has 1 heterocycles. The molecule has 0 aliphatic carbocycles. The van der Waals surface area contributed by atoms with Gasteiger partial charge in [0.25, 0.3) is 0 Å². The van der Waals surface area contributed by atoms with Gasteiger partial charge in [0.05, 0.1) is 7.11 Å². The first kappa shape index (κ1) is 8.87. The molecule has 0 radical (unpaired) electrons. The second kappa shape index (κ2) is 3.03. The van der Waals surface area contributed by atoms with E-state index in [1.807, 2.05) is 13.8 Å². The van der Waals surface area contributed by atoms with Gasteiger partial charge in [-0.15, -0.1) is 11.8 Å². The molecule has 11 heavy (non-hydrogen) atoms. The Hall–Kier alpha value is -0.220. The van der Waals surface area contributed by atoms with Crippen molar-refractivity contribution in [3.05, 3.63) is 0 Å². The highest BCUT2D eigenvalue weighted by Crippen LogP contribution is 2.33. The minimum Gasteiger partial charge on any atom is -0.468 e. The monoisotopic (exact) mass is 175 g/mol. The lowest BCUT2D eigenvalue weighted by Crippen LogP contribution is -2.44. The van der Waals surface area contributed by atoms with Crippen LogP contribution in [0.1, 0.15) is 13.8 Å². The number of carbonyl (C=O) groups is 1. The van der Waals surface area contributed by atoms with E-state index in [9.17, 15) is 4.79 Å². The molecule has 1 fully saturated rings. The molecule has 0 spiro atoms. The predicted octanol–water partition coefficient (Wildman–Crippen LogP) is 0.600. The van der Waals surface area contributed by atoms with Crippen molar-refractivity contribution in [3.63, 3.8) is 0 Å². The fraction of sp³-hybridized carbons (Fsp3) is 0.857. The Bertz CT molecular complexity index is 170. The topological polar surface area (TPSA) is 38.3 Å². The zero-order valence-corrected chi connectivity index (χ0v) is 7.83. The van der Waals surface area contributed by atoms with Crippen LogP contribution < -0.4 is 5.32 Å². The minimum atomic E-state index is -0.167. The van der Waals surface area contributed by atoms with E-state index in [0.29, 0.717) is 0 Å². The highest BCUT2D eigenvalue weighted by molar-refractivity contribution is 8.00. The number of rotatable bonds is 1. The van der Waals surface area contributed by atoms with Crippen LogP contribution in [-0.4, -0.2) is 29.7 Å². The Morgan fingerprint density at radius 3 is 2.73 bits per heavy atom. The SMILES string of the molecule is COC(=O)[C@@H]1NCSC1(C)C. The van der Waals surface area contributed by atoms with Crippen LogP contribution >= 0.6 is 11.8 Å². The van der Waals surface area contributed by atoms with Crippen LogP contribution in [0.2, 0.25) is 0 Å². The van der Waals surface area contributed by atoms with Crippen molar-refractivity contribution in [2.45, 2.75) is 24.6 Å². The van der Waals surface area contributed by atoms with Crippen molar-refractivity contribution < 1.29 is 9.53 Å². The van der Waals surface area contributed by atoms with Gasteiger partial charge in [0.2, 0.25) is 0 Å². The van der Waals surface area contributed by atoms with E-state index in [1.165, 1.54) is 7.11 Å². The normalized spacial score (nSPS) is 28.5. The summed E-state index contributed by atoms with van der Waals surface area (Å²) in [6.45, 7) is 4.08. The average Bonchev–Trinajstić information content (AvgIpc) is 2.28. The van der Waals surface area contributed by atoms with Crippen molar-refractivity contribution in [2.24, 2.45) is 0 Å². The lowest BCUT2D eigenvalue weighted by atomic mass is 10.0. The summed E-state index contributed by atoms with van der Waals surface area (Å²) in [6.07, 6.45) is 0. The number of hydrogen-bond donors (Lipinski definition) is 1. The quantitative estimate of drug-likeness (QED) is 0.592. The maximum absolute atomic E-state index is 11.1. The maximum Gasteiger partial charge on any atom is 0.324 e. The van der Waals surface area contributed by atoms with Crippen LogP contribution in [-0.2, 0) is 9.53 Å². The van der Waals surface area contributed by atoms with Gasteiger partial charge in [-0.3, -0.25) is 10.1 Å². The zero-order valence-electron chi connectivity index (χ0n) is 7.01. The van der Waals surface area contributed by atoms with Gasteiger partial charge in [0, 0.05) is 10.6 Å². The highest BCUT2D eigenvalue weighted by Gasteiger charge is 2.40. The van der Waals surface area contributed by atoms with Crippen molar-refractivity contribution in [3.8, 4) is 0 Å². The van der Waals surface area contributed by atoms with E-state index in [0.717, 1.165) is 5.88 Å². The first-order valence-electron chi connectivity index (χ1n) is 3.53. The molecule has 1 saturated heterocycles. The molecule has 0 saturated carbocycles. The molecular formula is C7H13NO2S. The van der Waals surface area contributed by atoms with Gasteiger partial charge in [0.15, 0.2) is 0 Å². The third-order valence-electron chi connectivity index (χ3n) is 1.86. The van der Waals surface area contributed by atoms with E-state index in [1.54, 1.807) is 11.8 Å². The highest BCUT2D eigenvalue weighted by atomic mass is 32.2. The van der Waals surface area contributed by atoms with E-state index < -0.39 is 0 Å². The number of ether oxygens (including phenoxy) is 1. The summed E-state index contributed by atoms with van der Waals surface area (Å²) < 4.78 is 4.62. The Balaban J connectivity index is 2.64. The lowest BCUT2D eigenvalue weighted by Gasteiger charge is -2.22. The Kier molecular flexibility index (Phi) is 2.44. The Morgan fingerprint density at radius 2 is 2.36 bits per heavy atom. The molecule has 0 unspecified atom stereocenters. The molecule has 3 nitrogen and oxygen atoms in total. The van der Waals surface area contributed by atoms with Gasteiger partial charge in [-0.2, -0.15) is 0 Å². The summed E-state index contributed by atoms with van der Waals surface area (Å²) in [5.74, 6) is 0.659. The Labute approximate surface area is 70.9 Å². The number of esters is 1. The molecule has 1 atom stereocenters. The molecule has 0 bridgehead atoms. The molecule has 0 aromatic rings. The molecule has 4 heteroatoms. The molecular weight excluding hydrogens is 162 g/mol. The van der Waals surface area contributed by atoms with Crippen molar-refractivity contribution >= 4 is 17.7 Å². The van der Waals surface area contributed by atoms with Crippen LogP contribution in [0.5, 0.6) is 0 Å². The lowest BCUT2D eigenvalue weighted by molar-refractivity contribution is -0.143. The summed E-state index contributed by atoms with van der Waals surface area (Å²) in [5.41, 5.74) is 0. The predicted molar refractivity (Wildman–Crippen MR) is 45.5 cm³/mol. The third-order valence-corrected chi connectivity index (χ3v) is 3.15. The van der Waals surface area contributed by atoms with Crippen LogP contribution in [0.15, 0.2) is 0 Å². The van der Waals surface area contributed by atoms with Crippen molar-refractivity contribution in [1.29, 1.82) is 0 Å². The van der Waals surface area contributed by atoms with Gasteiger partial charge < -0.3 is 4.74 Å². The molecule has 1 aliphatic heterocycles. The van der Waals surface area contributed by atoms with Crippen molar-refractivity contribution in [1.82, 2.24) is 5.32 Å². The molecule has 0 aromatic carbocycles. The van der Waals surface area contributed by atoms with Gasteiger partial charge in [-0.25, -0.2) is 0 Å². The molecule has 1 N–H and O–H groups in total. The first-order chi connectivity index (χ1) is 5.08. The second-order valence-electron chi connectivity index (χ2n) is 3.05. The number of carbonyl (C=O) groups excluding carboxylic acids is 1. The van der Waals surface area contributed by atoms with Crippen LogP contribution in [0.4, 0.5) is 0 Å². The standard InChI is InChI=1S/C7H13NO2S/c1-7(2)5(6(9)10-3)8-4-11-7/h5,8H,4H2,1-3H3/t5-/m0/s1. The van der Waals surface area contributed by atoms with Crippen LogP contribution in [0, 0.1) is 0 Å². The average molecular weight is 175 g/mol.